The second-order valence-electron chi connectivity index (χ2n) is 6.96. The Morgan fingerprint density at radius 3 is 2.38 bits per heavy atom. The summed E-state index contributed by atoms with van der Waals surface area (Å²) in [5.74, 6) is -0.321. The molecule has 3 aromatic rings. The monoisotopic (exact) mass is 395 g/mol. The maximum absolute atomic E-state index is 13.0. The van der Waals surface area contributed by atoms with Crippen molar-refractivity contribution in [2.75, 3.05) is 5.32 Å². The summed E-state index contributed by atoms with van der Waals surface area (Å²) in [7, 11) is 0. The van der Waals surface area contributed by atoms with Gasteiger partial charge in [-0.25, -0.2) is 14.4 Å². The third-order valence-electron chi connectivity index (χ3n) is 4.34. The minimum Gasteiger partial charge on any atom is -0.344 e. The van der Waals surface area contributed by atoms with Crippen LogP contribution in [0.4, 0.5) is 10.1 Å². The SMILES string of the molecule is CC(C)C(=O)Nc1ccc(-n2cnc(C(=O)N[C@@H](C)c3ccc(F)cc3)c2)nc1. The molecule has 3 rings (SSSR count). The minimum absolute atomic E-state index is 0.0867. The van der Waals surface area contributed by atoms with Gasteiger partial charge in [-0.15, -0.1) is 0 Å². The number of halogens is 1. The van der Waals surface area contributed by atoms with E-state index < -0.39 is 0 Å². The first-order chi connectivity index (χ1) is 13.8. The molecule has 0 spiro atoms. The molecule has 0 aliphatic rings. The van der Waals surface area contributed by atoms with Crippen molar-refractivity contribution < 1.29 is 14.0 Å². The number of anilines is 1. The fourth-order valence-corrected chi connectivity index (χ4v) is 2.57. The average molecular weight is 395 g/mol. The van der Waals surface area contributed by atoms with Crippen LogP contribution in [0.5, 0.6) is 0 Å². The zero-order valence-corrected chi connectivity index (χ0v) is 16.4. The molecule has 29 heavy (non-hydrogen) atoms. The topological polar surface area (TPSA) is 88.9 Å². The van der Waals surface area contributed by atoms with Crippen LogP contribution >= 0.6 is 0 Å². The zero-order chi connectivity index (χ0) is 21.0. The molecule has 8 heteroatoms. The number of nitrogens with one attached hydrogen (secondary N) is 2. The molecule has 0 aliphatic heterocycles. The molecule has 0 fully saturated rings. The first-order valence-corrected chi connectivity index (χ1v) is 9.21. The Morgan fingerprint density at radius 1 is 1.03 bits per heavy atom. The highest BCUT2D eigenvalue weighted by molar-refractivity contribution is 5.92. The van der Waals surface area contributed by atoms with E-state index in [0.29, 0.717) is 11.5 Å². The fraction of sp³-hybridized carbons (Fsp3) is 0.238. The molecule has 1 atom stereocenters. The number of hydrogen-bond acceptors (Lipinski definition) is 4. The number of rotatable bonds is 6. The van der Waals surface area contributed by atoms with E-state index >= 15 is 0 Å². The van der Waals surface area contributed by atoms with Crippen LogP contribution in [0.2, 0.25) is 0 Å². The van der Waals surface area contributed by atoms with Crippen molar-refractivity contribution in [1.29, 1.82) is 0 Å². The van der Waals surface area contributed by atoms with Gasteiger partial charge in [-0.2, -0.15) is 0 Å². The summed E-state index contributed by atoms with van der Waals surface area (Å²) in [6.07, 6.45) is 4.61. The first kappa shape index (κ1) is 20.2. The third kappa shape index (κ3) is 5.04. The fourth-order valence-electron chi connectivity index (χ4n) is 2.57. The van der Waals surface area contributed by atoms with Crippen LogP contribution < -0.4 is 10.6 Å². The summed E-state index contributed by atoms with van der Waals surface area (Å²) in [6.45, 7) is 5.44. The minimum atomic E-state index is -0.346. The van der Waals surface area contributed by atoms with Crippen LogP contribution in [0.3, 0.4) is 0 Å². The highest BCUT2D eigenvalue weighted by atomic mass is 19.1. The molecule has 2 N–H and O–H groups in total. The maximum Gasteiger partial charge on any atom is 0.271 e. The van der Waals surface area contributed by atoms with Gasteiger partial charge in [0.15, 0.2) is 0 Å². The van der Waals surface area contributed by atoms with Crippen molar-refractivity contribution in [2.24, 2.45) is 5.92 Å². The highest BCUT2D eigenvalue weighted by Gasteiger charge is 2.15. The van der Waals surface area contributed by atoms with Gasteiger partial charge in [0.25, 0.3) is 5.91 Å². The van der Waals surface area contributed by atoms with Crippen LogP contribution in [-0.2, 0) is 4.79 Å². The standard InChI is InChI=1S/C21H22FN5O2/c1-13(2)20(28)26-17-8-9-19(23-10-17)27-11-18(24-12-27)21(29)25-14(3)15-4-6-16(22)7-5-15/h4-14H,1-3H3,(H,25,29)(H,26,28)/t14-/m0/s1. The second-order valence-corrected chi connectivity index (χ2v) is 6.96. The molecule has 0 saturated carbocycles. The van der Waals surface area contributed by atoms with Gasteiger partial charge in [0.1, 0.15) is 23.7 Å². The van der Waals surface area contributed by atoms with Crippen LogP contribution in [0.1, 0.15) is 42.9 Å². The Bertz CT molecular complexity index is 997. The van der Waals surface area contributed by atoms with Gasteiger partial charge in [0.2, 0.25) is 5.91 Å². The van der Waals surface area contributed by atoms with Crippen molar-refractivity contribution in [1.82, 2.24) is 19.9 Å². The average Bonchev–Trinajstić information content (AvgIpc) is 3.19. The van der Waals surface area contributed by atoms with Crippen LogP contribution in [-0.4, -0.2) is 26.3 Å². The molecule has 7 nitrogen and oxygen atoms in total. The number of imidazole rings is 1. The predicted molar refractivity (Wildman–Crippen MR) is 107 cm³/mol. The van der Waals surface area contributed by atoms with E-state index in [1.165, 1.54) is 18.5 Å². The smallest absolute Gasteiger partial charge is 0.271 e. The molecule has 0 radical (unpaired) electrons. The molecule has 2 heterocycles. The first-order valence-electron chi connectivity index (χ1n) is 9.21. The normalized spacial score (nSPS) is 11.9. The number of benzene rings is 1. The van der Waals surface area contributed by atoms with Crippen molar-refractivity contribution in [2.45, 2.75) is 26.8 Å². The molecule has 2 amide bonds. The Labute approximate surface area is 168 Å². The number of amides is 2. The maximum atomic E-state index is 13.0. The largest absolute Gasteiger partial charge is 0.344 e. The van der Waals surface area contributed by atoms with Crippen molar-refractivity contribution in [3.63, 3.8) is 0 Å². The van der Waals surface area contributed by atoms with Gasteiger partial charge in [-0.3, -0.25) is 14.2 Å². The quantitative estimate of drug-likeness (QED) is 0.669. The summed E-state index contributed by atoms with van der Waals surface area (Å²) < 4.78 is 14.7. The number of carbonyl (C=O) groups is 2. The lowest BCUT2D eigenvalue weighted by Crippen LogP contribution is -2.26. The molecule has 0 bridgehead atoms. The Kier molecular flexibility index (Phi) is 6.01. The molecule has 0 unspecified atom stereocenters. The Balaban J connectivity index is 1.66. The Morgan fingerprint density at radius 2 is 1.76 bits per heavy atom. The zero-order valence-electron chi connectivity index (χ0n) is 16.4. The van der Waals surface area contributed by atoms with Crippen molar-refractivity contribution >= 4 is 17.5 Å². The molecule has 2 aromatic heterocycles. The molecule has 1 aromatic carbocycles. The molecular weight excluding hydrogens is 373 g/mol. The second kappa shape index (κ2) is 8.64. The summed E-state index contributed by atoms with van der Waals surface area (Å²) in [5.41, 5.74) is 1.62. The number of aromatic nitrogens is 3. The van der Waals surface area contributed by atoms with E-state index in [2.05, 4.69) is 20.6 Å². The number of carbonyl (C=O) groups excluding carboxylic acids is 2. The number of hydrogen-bond donors (Lipinski definition) is 2. The van der Waals surface area contributed by atoms with Crippen molar-refractivity contribution in [3.8, 4) is 5.82 Å². The van der Waals surface area contributed by atoms with Crippen LogP contribution in [0.15, 0.2) is 55.1 Å². The van der Waals surface area contributed by atoms with Gasteiger partial charge < -0.3 is 10.6 Å². The summed E-state index contributed by atoms with van der Waals surface area (Å²) in [4.78, 5) is 32.6. The molecule has 0 aliphatic carbocycles. The van der Waals surface area contributed by atoms with Gasteiger partial charge in [-0.1, -0.05) is 26.0 Å². The summed E-state index contributed by atoms with van der Waals surface area (Å²) in [6, 6.07) is 9.12. The lowest BCUT2D eigenvalue weighted by Gasteiger charge is -2.13. The molecule has 0 saturated heterocycles. The number of nitrogens with zero attached hydrogens (tertiary/aromatic N) is 3. The van der Waals surface area contributed by atoms with Gasteiger partial charge in [0.05, 0.1) is 17.9 Å². The third-order valence-corrected chi connectivity index (χ3v) is 4.34. The Hall–Kier alpha value is -3.55. The molecule has 150 valence electrons. The lowest BCUT2D eigenvalue weighted by molar-refractivity contribution is -0.118. The predicted octanol–water partition coefficient (Wildman–Crippen LogP) is 3.49. The van der Waals surface area contributed by atoms with Crippen molar-refractivity contribution in [3.05, 3.63) is 72.2 Å². The van der Waals surface area contributed by atoms with Crippen LogP contribution in [0, 0.1) is 11.7 Å². The molecular formula is C21H22FN5O2. The van der Waals surface area contributed by atoms with E-state index in [-0.39, 0.29) is 35.3 Å². The summed E-state index contributed by atoms with van der Waals surface area (Å²) in [5, 5.41) is 5.60. The number of pyridine rings is 1. The van der Waals surface area contributed by atoms with E-state index in [0.717, 1.165) is 5.56 Å². The summed E-state index contributed by atoms with van der Waals surface area (Å²) >= 11 is 0. The lowest BCUT2D eigenvalue weighted by atomic mass is 10.1. The van der Waals surface area contributed by atoms with Gasteiger partial charge in [-0.05, 0) is 36.8 Å². The van der Waals surface area contributed by atoms with Crippen LogP contribution in [0.25, 0.3) is 5.82 Å². The van der Waals surface area contributed by atoms with Gasteiger partial charge >= 0.3 is 0 Å². The highest BCUT2D eigenvalue weighted by Crippen LogP contribution is 2.15. The van der Waals surface area contributed by atoms with E-state index in [1.54, 1.807) is 41.2 Å². The van der Waals surface area contributed by atoms with E-state index in [1.807, 2.05) is 20.8 Å². The van der Waals surface area contributed by atoms with E-state index in [9.17, 15) is 14.0 Å². The van der Waals surface area contributed by atoms with E-state index in [4.69, 9.17) is 0 Å². The van der Waals surface area contributed by atoms with Gasteiger partial charge in [0, 0.05) is 12.1 Å².